The maximum Gasteiger partial charge on any atom is 0.0694 e. The van der Waals surface area contributed by atoms with E-state index in [9.17, 15) is 5.11 Å². The molecule has 0 unspecified atom stereocenters. The zero-order valence-electron chi connectivity index (χ0n) is 8.51. The van der Waals surface area contributed by atoms with Gasteiger partial charge in [0.25, 0.3) is 0 Å². The van der Waals surface area contributed by atoms with Gasteiger partial charge in [-0.2, -0.15) is 0 Å². The molecule has 13 heavy (non-hydrogen) atoms. The molecule has 1 saturated heterocycles. The van der Waals surface area contributed by atoms with Crippen LogP contribution in [0.1, 0.15) is 39.0 Å². The second kappa shape index (κ2) is 4.77. The first-order chi connectivity index (χ1) is 6.16. The Morgan fingerprint density at radius 1 is 1.46 bits per heavy atom. The number of hydrogen-bond acceptors (Lipinski definition) is 2. The lowest BCUT2D eigenvalue weighted by Crippen LogP contribution is -2.35. The zero-order valence-corrected chi connectivity index (χ0v) is 8.51. The molecular formula is C11H20O2. The smallest absolute Gasteiger partial charge is 0.0694 e. The van der Waals surface area contributed by atoms with Crippen molar-refractivity contribution in [3.05, 3.63) is 12.2 Å². The highest BCUT2D eigenvalue weighted by Crippen LogP contribution is 2.27. The van der Waals surface area contributed by atoms with Gasteiger partial charge in [-0.05, 0) is 32.1 Å². The highest BCUT2D eigenvalue weighted by Gasteiger charge is 2.28. The third kappa shape index (κ3) is 3.49. The van der Waals surface area contributed by atoms with E-state index in [1.54, 1.807) is 0 Å². The van der Waals surface area contributed by atoms with E-state index in [-0.39, 0.29) is 0 Å². The molecule has 0 aromatic rings. The summed E-state index contributed by atoms with van der Waals surface area (Å²) in [5.41, 5.74) is 0.760. The largest absolute Gasteiger partial charge is 0.390 e. The van der Waals surface area contributed by atoms with Crippen molar-refractivity contribution in [3.8, 4) is 0 Å². The average Bonchev–Trinajstić information content (AvgIpc) is 2.15. The van der Waals surface area contributed by atoms with Crippen molar-refractivity contribution in [2.75, 3.05) is 13.2 Å². The summed E-state index contributed by atoms with van der Waals surface area (Å²) in [6.07, 6.45) is 4.39. The first-order valence-electron chi connectivity index (χ1n) is 5.13. The molecule has 1 rings (SSSR count). The lowest BCUT2D eigenvalue weighted by Gasteiger charge is -2.32. The highest BCUT2D eigenvalue weighted by atomic mass is 16.5. The number of hydrogen-bond donors (Lipinski definition) is 1. The lowest BCUT2D eigenvalue weighted by atomic mass is 9.88. The molecule has 1 aliphatic heterocycles. The summed E-state index contributed by atoms with van der Waals surface area (Å²) in [6, 6.07) is 0. The van der Waals surface area contributed by atoms with Gasteiger partial charge in [0.1, 0.15) is 0 Å². The minimum atomic E-state index is -0.476. The molecule has 76 valence electrons. The maximum absolute atomic E-state index is 10.1. The molecule has 0 radical (unpaired) electrons. The Hall–Kier alpha value is -0.340. The SMILES string of the molecule is C=C(CC)CCC1(O)CCOCC1. The van der Waals surface area contributed by atoms with E-state index in [1.807, 2.05) is 0 Å². The van der Waals surface area contributed by atoms with Crippen molar-refractivity contribution >= 4 is 0 Å². The van der Waals surface area contributed by atoms with Gasteiger partial charge in [0.2, 0.25) is 0 Å². The Labute approximate surface area is 80.6 Å². The molecule has 1 aliphatic rings. The van der Waals surface area contributed by atoms with Gasteiger partial charge in [-0.3, -0.25) is 0 Å². The van der Waals surface area contributed by atoms with Gasteiger partial charge in [-0.1, -0.05) is 19.1 Å². The van der Waals surface area contributed by atoms with Crippen LogP contribution in [-0.4, -0.2) is 23.9 Å². The molecule has 1 fully saturated rings. The summed E-state index contributed by atoms with van der Waals surface area (Å²) >= 11 is 0. The van der Waals surface area contributed by atoms with E-state index in [4.69, 9.17) is 4.74 Å². The second-order valence-corrected chi connectivity index (χ2v) is 3.94. The van der Waals surface area contributed by atoms with Crippen molar-refractivity contribution in [3.63, 3.8) is 0 Å². The molecule has 2 nitrogen and oxygen atoms in total. The molecule has 0 aromatic heterocycles. The second-order valence-electron chi connectivity index (χ2n) is 3.94. The fourth-order valence-corrected chi connectivity index (χ4v) is 1.59. The van der Waals surface area contributed by atoms with E-state index in [1.165, 1.54) is 5.57 Å². The van der Waals surface area contributed by atoms with Crippen LogP contribution < -0.4 is 0 Å². The summed E-state index contributed by atoms with van der Waals surface area (Å²) in [4.78, 5) is 0. The number of ether oxygens (including phenoxy) is 1. The summed E-state index contributed by atoms with van der Waals surface area (Å²) < 4.78 is 5.22. The van der Waals surface area contributed by atoms with Gasteiger partial charge < -0.3 is 9.84 Å². The predicted molar refractivity (Wildman–Crippen MR) is 53.7 cm³/mol. The molecule has 0 aromatic carbocycles. The number of allylic oxidation sites excluding steroid dienone is 1. The van der Waals surface area contributed by atoms with Gasteiger partial charge in [0, 0.05) is 13.2 Å². The molecule has 2 heteroatoms. The number of aliphatic hydroxyl groups is 1. The highest BCUT2D eigenvalue weighted by molar-refractivity contribution is 4.95. The van der Waals surface area contributed by atoms with Crippen LogP contribution in [0.2, 0.25) is 0 Å². The first kappa shape index (κ1) is 10.7. The van der Waals surface area contributed by atoms with Crippen molar-refractivity contribution in [1.29, 1.82) is 0 Å². The van der Waals surface area contributed by atoms with Crippen LogP contribution in [0.15, 0.2) is 12.2 Å². The summed E-state index contributed by atoms with van der Waals surface area (Å²) in [5, 5.41) is 10.1. The number of rotatable bonds is 4. The molecule has 0 saturated carbocycles. The topological polar surface area (TPSA) is 29.5 Å². The van der Waals surface area contributed by atoms with E-state index < -0.39 is 5.60 Å². The molecule has 0 spiro atoms. The third-order valence-corrected chi connectivity index (χ3v) is 2.87. The summed E-state index contributed by atoms with van der Waals surface area (Å²) in [7, 11) is 0. The Bertz CT molecular complexity index is 169. The van der Waals surface area contributed by atoms with Gasteiger partial charge in [-0.15, -0.1) is 0 Å². The van der Waals surface area contributed by atoms with Gasteiger partial charge in [-0.25, -0.2) is 0 Å². The molecule has 1 N–H and O–H groups in total. The van der Waals surface area contributed by atoms with E-state index in [0.29, 0.717) is 13.2 Å². The first-order valence-corrected chi connectivity index (χ1v) is 5.13. The molecule has 0 aliphatic carbocycles. The van der Waals surface area contributed by atoms with Crippen LogP contribution in [0.4, 0.5) is 0 Å². The third-order valence-electron chi connectivity index (χ3n) is 2.87. The normalized spacial score (nSPS) is 21.4. The fraction of sp³-hybridized carbons (Fsp3) is 0.818. The van der Waals surface area contributed by atoms with E-state index in [2.05, 4.69) is 13.5 Å². The lowest BCUT2D eigenvalue weighted by molar-refractivity contribution is -0.0676. The van der Waals surface area contributed by atoms with Crippen molar-refractivity contribution in [2.24, 2.45) is 0 Å². The van der Waals surface area contributed by atoms with Crippen molar-refractivity contribution < 1.29 is 9.84 Å². The van der Waals surface area contributed by atoms with E-state index in [0.717, 1.165) is 32.1 Å². The van der Waals surface area contributed by atoms with Gasteiger partial charge >= 0.3 is 0 Å². The van der Waals surface area contributed by atoms with Crippen LogP contribution >= 0.6 is 0 Å². The Morgan fingerprint density at radius 3 is 2.62 bits per heavy atom. The predicted octanol–water partition coefficient (Wildman–Crippen LogP) is 2.27. The monoisotopic (exact) mass is 184 g/mol. The Kier molecular flexibility index (Phi) is 3.94. The van der Waals surface area contributed by atoms with Crippen LogP contribution in [0.5, 0.6) is 0 Å². The van der Waals surface area contributed by atoms with Crippen LogP contribution in [0.3, 0.4) is 0 Å². The summed E-state index contributed by atoms with van der Waals surface area (Å²) in [5.74, 6) is 0. The van der Waals surface area contributed by atoms with Crippen molar-refractivity contribution in [2.45, 2.75) is 44.6 Å². The van der Waals surface area contributed by atoms with Crippen molar-refractivity contribution in [1.82, 2.24) is 0 Å². The molecular weight excluding hydrogens is 164 g/mol. The maximum atomic E-state index is 10.1. The van der Waals surface area contributed by atoms with E-state index >= 15 is 0 Å². The quantitative estimate of drug-likeness (QED) is 0.679. The van der Waals surface area contributed by atoms with Gasteiger partial charge in [0.15, 0.2) is 0 Å². The Balaban J connectivity index is 2.28. The fourth-order valence-electron chi connectivity index (χ4n) is 1.59. The summed E-state index contributed by atoms with van der Waals surface area (Å²) in [6.45, 7) is 7.46. The molecule has 0 amide bonds. The van der Waals surface area contributed by atoms with Crippen LogP contribution in [-0.2, 0) is 4.74 Å². The van der Waals surface area contributed by atoms with Crippen LogP contribution in [0, 0.1) is 0 Å². The minimum Gasteiger partial charge on any atom is -0.390 e. The molecule has 1 heterocycles. The zero-order chi connectivity index (χ0) is 9.73. The average molecular weight is 184 g/mol. The minimum absolute atomic E-state index is 0.476. The standard InChI is InChI=1S/C11H20O2/c1-3-10(2)4-5-11(12)6-8-13-9-7-11/h12H,2-9H2,1H3. The molecule has 0 bridgehead atoms. The Morgan fingerprint density at radius 2 is 2.08 bits per heavy atom. The van der Waals surface area contributed by atoms with Gasteiger partial charge in [0.05, 0.1) is 5.60 Å². The van der Waals surface area contributed by atoms with Crippen LogP contribution in [0.25, 0.3) is 0 Å². The molecule has 0 atom stereocenters.